The summed E-state index contributed by atoms with van der Waals surface area (Å²) in [6.07, 6.45) is -0.398. The number of carbonyl (C=O) groups is 2. The Hall–Kier alpha value is -4.66. The van der Waals surface area contributed by atoms with Gasteiger partial charge in [-0.1, -0.05) is 36.4 Å². The molecule has 0 bridgehead atoms. The van der Waals surface area contributed by atoms with E-state index in [4.69, 9.17) is 15.0 Å². The van der Waals surface area contributed by atoms with E-state index in [-0.39, 0.29) is 10.4 Å². The fraction of sp³-hybridized carbons (Fsp3) is 0.250. The van der Waals surface area contributed by atoms with Crippen LogP contribution in [0.2, 0.25) is 0 Å². The number of hydrogen-bond donors (Lipinski definition) is 5. The van der Waals surface area contributed by atoms with Crippen molar-refractivity contribution in [2.24, 2.45) is 0 Å². The van der Waals surface area contributed by atoms with Gasteiger partial charge < -0.3 is 25.2 Å². The molecule has 246 valence electrons. The summed E-state index contributed by atoms with van der Waals surface area (Å²) in [6.45, 7) is 5.20. The van der Waals surface area contributed by atoms with Crippen LogP contribution in [0.1, 0.15) is 37.5 Å². The number of rotatable bonds is 12. The van der Waals surface area contributed by atoms with E-state index in [1.54, 1.807) is 48.5 Å². The number of β-amino-alcohol motifs (C(OH)–C–C–N with tert-alkyl or cyclic N) is 1. The van der Waals surface area contributed by atoms with Gasteiger partial charge in [-0.3, -0.25) is 4.72 Å². The number of anilines is 1. The minimum atomic E-state index is -5.08. The van der Waals surface area contributed by atoms with Crippen molar-refractivity contribution in [2.45, 2.75) is 49.5 Å². The zero-order chi connectivity index (χ0) is 34.1. The average Bonchev–Trinajstić information content (AvgIpc) is 3.40. The van der Waals surface area contributed by atoms with Crippen molar-refractivity contribution in [3.63, 3.8) is 0 Å². The van der Waals surface area contributed by atoms with E-state index in [2.05, 4.69) is 28.5 Å². The minimum absolute atomic E-state index is 0.172. The van der Waals surface area contributed by atoms with Gasteiger partial charge in [0, 0.05) is 47.5 Å². The fourth-order valence-electron chi connectivity index (χ4n) is 4.29. The van der Waals surface area contributed by atoms with Gasteiger partial charge in [0.25, 0.3) is 10.0 Å². The van der Waals surface area contributed by atoms with Crippen LogP contribution in [0.5, 0.6) is 0 Å². The molecular weight excluding hydrogens is 627 g/mol. The molecule has 0 radical (unpaired) electrons. The molecule has 0 aliphatic carbocycles. The molecule has 0 saturated carbocycles. The largest absolute Gasteiger partial charge is 0.490 e. The quantitative estimate of drug-likeness (QED) is 0.122. The average molecular weight is 662 g/mol. The van der Waals surface area contributed by atoms with Gasteiger partial charge in [-0.25, -0.2) is 18.0 Å². The zero-order valence-corrected chi connectivity index (χ0v) is 25.7. The predicted octanol–water partition coefficient (Wildman–Crippen LogP) is 5.67. The molecule has 0 unspecified atom stereocenters. The zero-order valence-electron chi connectivity index (χ0n) is 24.9. The van der Waals surface area contributed by atoms with E-state index in [0.717, 1.165) is 35.5 Å². The number of aromatic nitrogens is 1. The number of nitrogens with zero attached hydrogens (tertiary/aromatic N) is 1. The van der Waals surface area contributed by atoms with Crippen LogP contribution in [-0.2, 0) is 26.2 Å². The van der Waals surface area contributed by atoms with Crippen LogP contribution in [0.15, 0.2) is 96.0 Å². The number of alkyl halides is 3. The first-order valence-corrected chi connectivity index (χ1v) is 15.4. The molecule has 10 nitrogen and oxygen atoms in total. The maximum atomic E-state index is 12.6. The highest BCUT2D eigenvalue weighted by Gasteiger charge is 2.38. The molecule has 14 heteroatoms. The summed E-state index contributed by atoms with van der Waals surface area (Å²) >= 11 is 0. The summed E-state index contributed by atoms with van der Waals surface area (Å²) in [5.41, 5.74) is 2.60. The summed E-state index contributed by atoms with van der Waals surface area (Å²) in [4.78, 5) is 19.8. The molecule has 4 rings (SSSR count). The lowest BCUT2D eigenvalue weighted by molar-refractivity contribution is -0.192. The molecule has 0 saturated heterocycles. The third-order valence-corrected chi connectivity index (χ3v) is 8.18. The van der Waals surface area contributed by atoms with Crippen LogP contribution in [0.25, 0.3) is 17.0 Å². The second-order valence-electron chi connectivity index (χ2n) is 10.9. The number of aryl methyl sites for hydroxylation is 1. The van der Waals surface area contributed by atoms with E-state index in [1.165, 1.54) is 12.1 Å². The number of carboxylic acid groups (broad SMARTS) is 2. The Kier molecular flexibility index (Phi) is 11.7. The summed E-state index contributed by atoms with van der Waals surface area (Å²) in [5.74, 6) is -3.74. The van der Waals surface area contributed by atoms with Crippen LogP contribution in [0.4, 0.5) is 18.9 Å². The number of aliphatic carboxylic acids is 2. The standard InChI is InChI=1S/C30H33N3O5S.C2HF3O2/c1-30(2,16-18-33-17-15-23-19-22(11-13-27(23)33)12-14-29(35)36)31-21-28(34)24-7-6-8-25(20-24)32-39(37,38)26-9-4-3-5-10-26;3-2(4,5)1(6)7/h3-15,17,19-20,28,31-32,34H,16,18,21H2,1-2H3,(H,35,36);(H,6,7)/b14-12+;/t28-;/m0./s1. The first-order chi connectivity index (χ1) is 21.5. The molecule has 5 N–H and O–H groups in total. The summed E-state index contributed by atoms with van der Waals surface area (Å²) in [7, 11) is -3.72. The number of aliphatic hydroxyl groups excluding tert-OH is 1. The number of halogens is 3. The van der Waals surface area contributed by atoms with Crippen LogP contribution >= 0.6 is 0 Å². The SMILES string of the molecule is CC(C)(CCn1ccc2cc(/C=C/C(=O)O)ccc21)NC[C@H](O)c1cccc(NS(=O)(=O)c2ccccc2)c1.O=C(O)C(F)(F)F. The van der Waals surface area contributed by atoms with E-state index >= 15 is 0 Å². The van der Waals surface area contributed by atoms with Crippen molar-refractivity contribution in [1.82, 2.24) is 9.88 Å². The summed E-state index contributed by atoms with van der Waals surface area (Å²) in [5, 5.41) is 31.3. The van der Waals surface area contributed by atoms with Gasteiger partial charge in [0.05, 0.1) is 11.0 Å². The van der Waals surface area contributed by atoms with Gasteiger partial charge in [0.2, 0.25) is 0 Å². The smallest absolute Gasteiger partial charge is 0.478 e. The van der Waals surface area contributed by atoms with Crippen LogP contribution < -0.4 is 10.0 Å². The van der Waals surface area contributed by atoms with Gasteiger partial charge in [-0.15, -0.1) is 0 Å². The van der Waals surface area contributed by atoms with Crippen LogP contribution in [-0.4, -0.2) is 58.5 Å². The first-order valence-electron chi connectivity index (χ1n) is 13.9. The highest BCUT2D eigenvalue weighted by atomic mass is 32.2. The Morgan fingerprint density at radius 3 is 2.26 bits per heavy atom. The molecular formula is C32H34F3N3O7S. The van der Waals surface area contributed by atoms with Gasteiger partial charge in [-0.2, -0.15) is 13.2 Å². The predicted molar refractivity (Wildman–Crippen MR) is 168 cm³/mol. The molecule has 0 aliphatic rings. The lowest BCUT2D eigenvalue weighted by atomic mass is 9.99. The third-order valence-electron chi connectivity index (χ3n) is 6.78. The molecule has 1 atom stereocenters. The number of benzene rings is 3. The van der Waals surface area contributed by atoms with Crippen molar-refractivity contribution in [3.8, 4) is 0 Å². The molecule has 0 amide bonds. The molecule has 0 aliphatic heterocycles. The summed E-state index contributed by atoms with van der Waals surface area (Å²) < 4.78 is 61.8. The van der Waals surface area contributed by atoms with Crippen molar-refractivity contribution in [3.05, 3.63) is 102 Å². The normalized spacial score (nSPS) is 12.8. The van der Waals surface area contributed by atoms with Crippen molar-refractivity contribution in [2.75, 3.05) is 11.3 Å². The lowest BCUT2D eigenvalue weighted by Crippen LogP contribution is -2.42. The van der Waals surface area contributed by atoms with Gasteiger partial charge in [0.15, 0.2) is 0 Å². The molecule has 3 aromatic carbocycles. The minimum Gasteiger partial charge on any atom is -0.478 e. The van der Waals surface area contributed by atoms with Crippen LogP contribution in [0, 0.1) is 0 Å². The van der Waals surface area contributed by atoms with Crippen LogP contribution in [0.3, 0.4) is 0 Å². The topological polar surface area (TPSA) is 158 Å². The van der Waals surface area contributed by atoms with Gasteiger partial charge in [-0.05, 0) is 79.9 Å². The number of fused-ring (bicyclic) bond motifs is 1. The van der Waals surface area contributed by atoms with Crippen molar-refractivity contribution in [1.29, 1.82) is 0 Å². The Morgan fingerprint density at radius 1 is 0.957 bits per heavy atom. The molecule has 0 spiro atoms. The number of sulfonamides is 1. The van der Waals surface area contributed by atoms with Gasteiger partial charge >= 0.3 is 18.1 Å². The molecule has 46 heavy (non-hydrogen) atoms. The molecule has 4 aromatic rings. The van der Waals surface area contributed by atoms with E-state index in [1.807, 2.05) is 30.5 Å². The Balaban J connectivity index is 0.000000738. The number of hydrogen-bond acceptors (Lipinski definition) is 6. The first kappa shape index (κ1) is 35.8. The third kappa shape index (κ3) is 10.8. The van der Waals surface area contributed by atoms with E-state index < -0.39 is 34.2 Å². The Labute approximate surface area is 263 Å². The Morgan fingerprint density at radius 2 is 1.63 bits per heavy atom. The maximum Gasteiger partial charge on any atom is 0.490 e. The van der Waals surface area contributed by atoms with E-state index in [9.17, 15) is 31.5 Å². The Bertz CT molecular complexity index is 1790. The van der Waals surface area contributed by atoms with Gasteiger partial charge in [0.1, 0.15) is 0 Å². The fourth-order valence-corrected chi connectivity index (χ4v) is 5.36. The van der Waals surface area contributed by atoms with Crippen molar-refractivity contribution >= 4 is 44.6 Å². The molecule has 1 heterocycles. The second-order valence-corrected chi connectivity index (χ2v) is 12.6. The lowest BCUT2D eigenvalue weighted by Gasteiger charge is -2.28. The second kappa shape index (κ2) is 15.1. The number of carboxylic acids is 2. The number of aliphatic hydroxyl groups is 1. The highest BCUT2D eigenvalue weighted by molar-refractivity contribution is 7.92. The molecule has 0 fully saturated rings. The highest BCUT2D eigenvalue weighted by Crippen LogP contribution is 2.23. The monoisotopic (exact) mass is 661 g/mol. The summed E-state index contributed by atoms with van der Waals surface area (Å²) in [6, 6.07) is 22.8. The maximum absolute atomic E-state index is 12.6. The number of nitrogens with one attached hydrogen (secondary N) is 2. The van der Waals surface area contributed by atoms with E-state index in [0.29, 0.717) is 17.8 Å². The van der Waals surface area contributed by atoms with Crippen molar-refractivity contribution < 1.29 is 46.5 Å². The molecule has 1 aromatic heterocycles.